The first-order chi connectivity index (χ1) is 17.3. The van der Waals surface area contributed by atoms with Crippen LogP contribution in [-0.2, 0) is 14.2 Å². The van der Waals surface area contributed by atoms with Gasteiger partial charge in [-0.05, 0) is 45.0 Å². The third kappa shape index (κ3) is 6.52. The first-order valence-corrected chi connectivity index (χ1v) is 13.2. The lowest BCUT2D eigenvalue weighted by Gasteiger charge is -2.28. The highest BCUT2D eigenvalue weighted by molar-refractivity contribution is 7.21. The fourth-order valence-electron chi connectivity index (χ4n) is 4.24. The average Bonchev–Trinajstić information content (AvgIpc) is 2.86. The molecule has 3 aliphatic rings. The minimum absolute atomic E-state index is 0.237. The zero-order valence-electron chi connectivity index (χ0n) is 22.0. The molecular weight excluding hydrogens is 476 g/mol. The number of ether oxygens (including phenoxy) is 3. The normalized spacial score (nSPS) is 14.5. The maximum atomic E-state index is 12.4. The average molecular weight is 514 g/mol. The van der Waals surface area contributed by atoms with Crippen molar-refractivity contribution in [2.45, 2.75) is 26.4 Å². The summed E-state index contributed by atoms with van der Waals surface area (Å²) in [6.07, 6.45) is -0.237. The molecule has 0 atom stereocenters. The number of aromatic nitrogens is 1. The Morgan fingerprint density at radius 2 is 1.75 bits per heavy atom. The first kappa shape index (κ1) is 26.3. The van der Waals surface area contributed by atoms with E-state index in [-0.39, 0.29) is 6.09 Å². The van der Waals surface area contributed by atoms with Gasteiger partial charge in [-0.15, -0.1) is 11.3 Å². The lowest BCUT2D eigenvalue weighted by Crippen LogP contribution is -2.51. The molecule has 1 fully saturated rings. The predicted molar refractivity (Wildman–Crippen MR) is 145 cm³/mol. The van der Waals surface area contributed by atoms with Crippen LogP contribution < -0.4 is 14.8 Å². The summed E-state index contributed by atoms with van der Waals surface area (Å²) in [4.78, 5) is 22.5. The van der Waals surface area contributed by atoms with E-state index in [0.29, 0.717) is 26.3 Å². The molecule has 0 spiro atoms. The molecule has 0 saturated carbocycles. The Morgan fingerprint density at radius 1 is 1.06 bits per heavy atom. The van der Waals surface area contributed by atoms with Gasteiger partial charge in [0.15, 0.2) is 13.1 Å². The molecule has 2 heterocycles. The fourth-order valence-corrected chi connectivity index (χ4v) is 5.27. The minimum Gasteiger partial charge on any atom is -0.444 e. The van der Waals surface area contributed by atoms with Gasteiger partial charge in [-0.1, -0.05) is 0 Å². The van der Waals surface area contributed by atoms with Crippen molar-refractivity contribution >= 4 is 33.3 Å². The molecule has 1 aromatic rings. The molecule has 36 heavy (non-hydrogen) atoms. The number of amides is 1. The van der Waals surface area contributed by atoms with Gasteiger partial charge in [-0.25, -0.2) is 14.4 Å². The second-order valence-corrected chi connectivity index (χ2v) is 11.0. The molecule has 1 aliphatic carbocycles. The van der Waals surface area contributed by atoms with E-state index < -0.39 is 5.60 Å². The largest absolute Gasteiger partial charge is 0.444 e. The van der Waals surface area contributed by atoms with E-state index in [4.69, 9.17) is 19.2 Å². The van der Waals surface area contributed by atoms with Crippen molar-refractivity contribution in [2.75, 3.05) is 71.6 Å². The number of carbonyl (C=O) groups is 1. The van der Waals surface area contributed by atoms with Gasteiger partial charge < -0.3 is 19.1 Å². The second-order valence-electron chi connectivity index (χ2n) is 9.95. The minimum atomic E-state index is -0.478. The zero-order valence-corrected chi connectivity index (χ0v) is 22.8. The van der Waals surface area contributed by atoms with Crippen molar-refractivity contribution in [1.29, 1.82) is 0 Å². The molecule has 2 aliphatic heterocycles. The summed E-state index contributed by atoms with van der Waals surface area (Å²) in [7, 11) is 3.45. The number of piperazine rings is 1. The smallest absolute Gasteiger partial charge is 0.410 e. The lowest BCUT2D eigenvalue weighted by molar-refractivity contribution is 0.0218. The molecule has 1 saturated heterocycles. The Hall–Kier alpha value is -2.75. The SMILES string of the molecule is COCCN(CCOC)c1ccc2nc3ccc(=[N+]4CCN(C(=O)OC(C)(C)C)CC4)cc-3sc2c1. The highest BCUT2D eigenvalue weighted by Gasteiger charge is 2.27. The maximum Gasteiger partial charge on any atom is 0.410 e. The van der Waals surface area contributed by atoms with Crippen LogP contribution in [0.4, 0.5) is 10.5 Å². The zero-order chi connectivity index (χ0) is 25.7. The van der Waals surface area contributed by atoms with Crippen LogP contribution in [0.3, 0.4) is 0 Å². The van der Waals surface area contributed by atoms with E-state index in [0.717, 1.165) is 58.0 Å². The Labute approximate surface area is 217 Å². The fraction of sp³-hybridized carbons (Fsp3) is 0.519. The van der Waals surface area contributed by atoms with Gasteiger partial charge in [-0.2, -0.15) is 0 Å². The summed E-state index contributed by atoms with van der Waals surface area (Å²) in [6.45, 7) is 11.5. The van der Waals surface area contributed by atoms with E-state index in [1.165, 1.54) is 0 Å². The highest BCUT2D eigenvalue weighted by atomic mass is 32.1. The number of nitrogens with zero attached hydrogens (tertiary/aromatic N) is 4. The predicted octanol–water partition coefficient (Wildman–Crippen LogP) is 3.52. The van der Waals surface area contributed by atoms with E-state index in [9.17, 15) is 4.79 Å². The van der Waals surface area contributed by atoms with E-state index in [1.807, 2.05) is 20.8 Å². The molecule has 0 unspecified atom stereocenters. The summed E-state index contributed by atoms with van der Waals surface area (Å²) < 4.78 is 19.6. The molecule has 194 valence electrons. The van der Waals surface area contributed by atoms with E-state index in [2.05, 4.69) is 45.9 Å². The molecule has 0 N–H and O–H groups in total. The lowest BCUT2D eigenvalue weighted by atomic mass is 10.2. The monoisotopic (exact) mass is 513 g/mol. The molecule has 1 aromatic carbocycles. The Kier molecular flexibility index (Phi) is 8.43. The number of fused-ring (bicyclic) bond motifs is 2. The Morgan fingerprint density at radius 3 is 2.39 bits per heavy atom. The van der Waals surface area contributed by atoms with Crippen molar-refractivity contribution in [2.24, 2.45) is 0 Å². The van der Waals surface area contributed by atoms with E-state index >= 15 is 0 Å². The number of hydrogen-bond donors (Lipinski definition) is 0. The van der Waals surface area contributed by atoms with Crippen molar-refractivity contribution in [3.8, 4) is 10.6 Å². The van der Waals surface area contributed by atoms with Crippen molar-refractivity contribution in [1.82, 2.24) is 14.5 Å². The van der Waals surface area contributed by atoms with Crippen LogP contribution in [0.1, 0.15) is 20.8 Å². The van der Waals surface area contributed by atoms with Gasteiger partial charge in [0, 0.05) is 45.1 Å². The number of carbonyl (C=O) groups excluding carboxylic acids is 1. The van der Waals surface area contributed by atoms with Crippen LogP contribution in [0.2, 0.25) is 0 Å². The second kappa shape index (κ2) is 11.5. The highest BCUT2D eigenvalue weighted by Crippen LogP contribution is 2.32. The summed E-state index contributed by atoms with van der Waals surface area (Å²) in [5, 5.41) is 1.15. The third-order valence-corrected chi connectivity index (χ3v) is 7.23. The standard InChI is InChI=1S/C27H37N4O4S/c1-27(2,3)35-26(32)31-12-10-29(11-13-31)20-6-8-22-24(18-20)36-25-19-21(7-9-23(25)28-22)30(14-16-33-4)15-17-34-5/h6-9,18-19H,10-17H2,1-5H3/q+1. The summed E-state index contributed by atoms with van der Waals surface area (Å²) in [5.74, 6) is 0. The van der Waals surface area contributed by atoms with Gasteiger partial charge in [0.1, 0.15) is 5.60 Å². The third-order valence-electron chi connectivity index (χ3n) is 6.14. The number of anilines is 1. The van der Waals surface area contributed by atoms with Gasteiger partial charge in [0.2, 0.25) is 5.36 Å². The molecule has 8 nitrogen and oxygen atoms in total. The van der Waals surface area contributed by atoms with Gasteiger partial charge in [-0.3, -0.25) is 4.90 Å². The van der Waals surface area contributed by atoms with Crippen LogP contribution in [0.5, 0.6) is 0 Å². The molecule has 0 bridgehead atoms. The summed E-state index contributed by atoms with van der Waals surface area (Å²) in [6, 6.07) is 12.9. The van der Waals surface area contributed by atoms with Crippen LogP contribution in [0.15, 0.2) is 36.4 Å². The van der Waals surface area contributed by atoms with Crippen molar-refractivity contribution in [3.05, 3.63) is 41.8 Å². The molecule has 9 heteroatoms. The number of benzene rings is 2. The van der Waals surface area contributed by atoms with Crippen LogP contribution in [0.25, 0.3) is 20.8 Å². The quantitative estimate of drug-likeness (QED) is 0.356. The Balaban J connectivity index is 1.59. The van der Waals surface area contributed by atoms with Gasteiger partial charge in [0.05, 0.1) is 47.1 Å². The molecule has 0 aromatic heterocycles. The summed E-state index contributed by atoms with van der Waals surface area (Å²) >= 11 is 1.76. The topological polar surface area (TPSA) is 67.1 Å². The molecule has 4 rings (SSSR count). The van der Waals surface area contributed by atoms with Crippen molar-refractivity contribution in [3.63, 3.8) is 0 Å². The van der Waals surface area contributed by atoms with Crippen LogP contribution in [-0.4, -0.2) is 88.3 Å². The van der Waals surface area contributed by atoms with Crippen LogP contribution >= 0.6 is 11.3 Å². The maximum absolute atomic E-state index is 12.4. The van der Waals surface area contributed by atoms with Gasteiger partial charge >= 0.3 is 6.09 Å². The number of hydrogen-bond acceptors (Lipinski definition) is 7. The summed E-state index contributed by atoms with van der Waals surface area (Å²) in [5.41, 5.74) is 2.65. The van der Waals surface area contributed by atoms with Crippen molar-refractivity contribution < 1.29 is 19.0 Å². The molecule has 0 radical (unpaired) electrons. The molecular formula is C27H37N4O4S+. The number of methoxy groups -OCH3 is 2. The number of rotatable bonds is 7. The Bertz CT molecular complexity index is 1220. The van der Waals surface area contributed by atoms with Crippen LogP contribution in [0, 0.1) is 0 Å². The first-order valence-electron chi connectivity index (χ1n) is 12.4. The van der Waals surface area contributed by atoms with Gasteiger partial charge in [0.25, 0.3) is 0 Å². The molecule has 1 amide bonds. The van der Waals surface area contributed by atoms with E-state index in [1.54, 1.807) is 30.5 Å².